The molecule has 3 N–H and O–H groups in total. The Bertz CT molecular complexity index is 1270. The molecule has 0 spiro atoms. The van der Waals surface area contributed by atoms with Crippen molar-refractivity contribution in [3.05, 3.63) is 57.4 Å². The van der Waals surface area contributed by atoms with E-state index in [-0.39, 0.29) is 30.9 Å². The normalized spacial score (nSPS) is 11.8. The Morgan fingerprint density at radius 2 is 1.84 bits per heavy atom. The molecular formula is C23H24N2O5S. The SMILES string of the molecule is Cc1oc2c(C)c(O)c(CN(CCO)CCO)cc2c(=O)c1-c1nc2ccccc2s1. The second kappa shape index (κ2) is 8.76. The minimum absolute atomic E-state index is 0.0451. The summed E-state index contributed by atoms with van der Waals surface area (Å²) in [4.78, 5) is 19.9. The second-order valence-electron chi connectivity index (χ2n) is 7.46. The lowest BCUT2D eigenvalue weighted by Crippen LogP contribution is -2.29. The van der Waals surface area contributed by atoms with Gasteiger partial charge in [-0.3, -0.25) is 9.69 Å². The third-order valence-electron chi connectivity index (χ3n) is 5.38. The number of thiazole rings is 1. The van der Waals surface area contributed by atoms with Gasteiger partial charge >= 0.3 is 0 Å². The molecule has 0 aliphatic heterocycles. The Hall–Kier alpha value is -2.78. The van der Waals surface area contributed by atoms with E-state index in [2.05, 4.69) is 4.98 Å². The van der Waals surface area contributed by atoms with Crippen molar-refractivity contribution in [1.29, 1.82) is 0 Å². The predicted octanol–water partition coefficient (Wildman–Crippen LogP) is 3.18. The van der Waals surface area contributed by atoms with Gasteiger partial charge in [-0.25, -0.2) is 4.98 Å². The van der Waals surface area contributed by atoms with E-state index in [4.69, 9.17) is 4.42 Å². The van der Waals surface area contributed by atoms with Crippen LogP contribution in [0.4, 0.5) is 0 Å². The number of aromatic nitrogens is 1. The first kappa shape index (κ1) is 21.5. The molecule has 2 aromatic heterocycles. The summed E-state index contributed by atoms with van der Waals surface area (Å²) in [7, 11) is 0. The van der Waals surface area contributed by atoms with Crippen LogP contribution in [0.15, 0.2) is 39.5 Å². The van der Waals surface area contributed by atoms with Crippen molar-refractivity contribution in [3.8, 4) is 16.3 Å². The Morgan fingerprint density at radius 3 is 2.52 bits per heavy atom. The largest absolute Gasteiger partial charge is 0.507 e. The Morgan fingerprint density at radius 1 is 1.13 bits per heavy atom. The molecule has 0 unspecified atom stereocenters. The highest BCUT2D eigenvalue weighted by atomic mass is 32.1. The summed E-state index contributed by atoms with van der Waals surface area (Å²) < 4.78 is 6.99. The van der Waals surface area contributed by atoms with Gasteiger partial charge in [0, 0.05) is 30.8 Å². The van der Waals surface area contributed by atoms with E-state index in [1.807, 2.05) is 29.2 Å². The number of phenols is 1. The zero-order chi connectivity index (χ0) is 22.1. The third kappa shape index (κ3) is 3.95. The van der Waals surface area contributed by atoms with E-state index in [0.717, 1.165) is 10.2 Å². The number of fused-ring (bicyclic) bond motifs is 2. The number of rotatable bonds is 7. The molecule has 8 heteroatoms. The molecule has 0 saturated heterocycles. The number of phenolic OH excluding ortho intramolecular Hbond substituents is 1. The summed E-state index contributed by atoms with van der Waals surface area (Å²) in [5.41, 5.74) is 2.43. The van der Waals surface area contributed by atoms with Crippen LogP contribution in [0, 0.1) is 13.8 Å². The van der Waals surface area contributed by atoms with Crippen LogP contribution in [0.3, 0.4) is 0 Å². The van der Waals surface area contributed by atoms with Gasteiger partial charge in [-0.2, -0.15) is 0 Å². The predicted molar refractivity (Wildman–Crippen MR) is 122 cm³/mol. The molecule has 31 heavy (non-hydrogen) atoms. The van der Waals surface area contributed by atoms with Crippen molar-refractivity contribution >= 4 is 32.5 Å². The number of nitrogens with zero attached hydrogens (tertiary/aromatic N) is 2. The number of aryl methyl sites for hydroxylation is 2. The van der Waals surface area contributed by atoms with Gasteiger partial charge in [0.1, 0.15) is 22.1 Å². The van der Waals surface area contributed by atoms with Gasteiger partial charge in [-0.15, -0.1) is 11.3 Å². The number of hydrogen-bond donors (Lipinski definition) is 3. The first-order valence-corrected chi connectivity index (χ1v) is 10.8. The van der Waals surface area contributed by atoms with E-state index in [0.29, 0.717) is 51.5 Å². The Labute approximate surface area is 182 Å². The summed E-state index contributed by atoms with van der Waals surface area (Å²) >= 11 is 1.44. The van der Waals surface area contributed by atoms with Crippen LogP contribution in [0.1, 0.15) is 16.9 Å². The summed E-state index contributed by atoms with van der Waals surface area (Å²) in [6, 6.07) is 9.35. The minimum atomic E-state index is -0.196. The van der Waals surface area contributed by atoms with Crippen molar-refractivity contribution in [1.82, 2.24) is 9.88 Å². The van der Waals surface area contributed by atoms with Crippen LogP contribution < -0.4 is 5.43 Å². The zero-order valence-electron chi connectivity index (χ0n) is 17.4. The van der Waals surface area contributed by atoms with Crippen molar-refractivity contribution in [2.75, 3.05) is 26.3 Å². The van der Waals surface area contributed by atoms with E-state index in [1.54, 1.807) is 19.9 Å². The van der Waals surface area contributed by atoms with Crippen LogP contribution in [-0.4, -0.2) is 51.5 Å². The van der Waals surface area contributed by atoms with Crippen LogP contribution in [0.5, 0.6) is 5.75 Å². The van der Waals surface area contributed by atoms with Gasteiger partial charge in [0.15, 0.2) is 0 Å². The highest BCUT2D eigenvalue weighted by Gasteiger charge is 2.21. The number of aliphatic hydroxyl groups excluding tert-OH is 2. The van der Waals surface area contributed by atoms with Crippen LogP contribution >= 0.6 is 11.3 Å². The summed E-state index contributed by atoms with van der Waals surface area (Å²) in [6.07, 6.45) is 0. The lowest BCUT2D eigenvalue weighted by atomic mass is 10.0. The lowest BCUT2D eigenvalue weighted by Gasteiger charge is -2.21. The zero-order valence-corrected chi connectivity index (χ0v) is 18.2. The average molecular weight is 441 g/mol. The highest BCUT2D eigenvalue weighted by molar-refractivity contribution is 7.21. The highest BCUT2D eigenvalue weighted by Crippen LogP contribution is 2.35. The number of hydrogen-bond acceptors (Lipinski definition) is 8. The van der Waals surface area contributed by atoms with Crippen molar-refractivity contribution in [3.63, 3.8) is 0 Å². The third-order valence-corrected chi connectivity index (χ3v) is 6.43. The number of aromatic hydroxyl groups is 1. The molecule has 2 aromatic carbocycles. The Kier molecular flexibility index (Phi) is 6.06. The molecule has 0 bridgehead atoms. The van der Waals surface area contributed by atoms with Crippen LogP contribution in [0.2, 0.25) is 0 Å². The van der Waals surface area contributed by atoms with Crippen molar-refractivity contribution in [2.24, 2.45) is 0 Å². The summed E-state index contributed by atoms with van der Waals surface area (Å²) in [6.45, 7) is 4.27. The molecule has 2 heterocycles. The molecule has 0 fully saturated rings. The molecule has 0 saturated carbocycles. The molecule has 162 valence electrons. The monoisotopic (exact) mass is 440 g/mol. The van der Waals surface area contributed by atoms with Crippen LogP contribution in [-0.2, 0) is 6.54 Å². The quantitative estimate of drug-likeness (QED) is 0.405. The standard InChI is InChI=1S/C23H24N2O5S/c1-13-20(28)15(12-25(7-9-26)8-10-27)11-16-21(29)19(14(2)30-22(13)16)23-24-17-5-3-4-6-18(17)31-23/h3-6,11,26-28H,7-10,12H2,1-2H3. The fraction of sp³-hybridized carbons (Fsp3) is 0.304. The average Bonchev–Trinajstić information content (AvgIpc) is 3.16. The first-order chi connectivity index (χ1) is 14.9. The summed E-state index contributed by atoms with van der Waals surface area (Å²) in [5.74, 6) is 0.498. The van der Waals surface area contributed by atoms with Crippen molar-refractivity contribution < 1.29 is 19.7 Å². The van der Waals surface area contributed by atoms with E-state index in [1.165, 1.54) is 11.3 Å². The van der Waals surface area contributed by atoms with Gasteiger partial charge in [0.25, 0.3) is 0 Å². The van der Waals surface area contributed by atoms with Gasteiger partial charge in [0.05, 0.1) is 34.4 Å². The number of para-hydroxylation sites is 1. The fourth-order valence-corrected chi connectivity index (χ4v) is 4.85. The molecular weight excluding hydrogens is 416 g/mol. The van der Waals surface area contributed by atoms with Gasteiger partial charge < -0.3 is 19.7 Å². The fourth-order valence-electron chi connectivity index (χ4n) is 3.80. The van der Waals surface area contributed by atoms with Crippen LogP contribution in [0.25, 0.3) is 31.8 Å². The molecule has 0 amide bonds. The molecule has 4 aromatic rings. The topological polar surface area (TPSA) is 107 Å². The molecule has 4 rings (SSSR count). The summed E-state index contributed by atoms with van der Waals surface area (Å²) in [5, 5.41) is 30.2. The maximum Gasteiger partial charge on any atom is 0.203 e. The van der Waals surface area contributed by atoms with E-state index in [9.17, 15) is 20.1 Å². The number of aliphatic hydroxyl groups is 2. The lowest BCUT2D eigenvalue weighted by molar-refractivity contribution is 0.155. The number of benzene rings is 2. The molecule has 0 aliphatic rings. The van der Waals surface area contributed by atoms with Gasteiger partial charge in [-0.05, 0) is 32.0 Å². The maximum absolute atomic E-state index is 13.5. The van der Waals surface area contributed by atoms with Gasteiger partial charge in [0.2, 0.25) is 5.43 Å². The van der Waals surface area contributed by atoms with Crippen molar-refractivity contribution in [2.45, 2.75) is 20.4 Å². The molecule has 0 radical (unpaired) electrons. The first-order valence-electron chi connectivity index (χ1n) is 10.0. The Balaban J connectivity index is 1.89. The van der Waals surface area contributed by atoms with Gasteiger partial charge in [-0.1, -0.05) is 12.1 Å². The van der Waals surface area contributed by atoms with E-state index >= 15 is 0 Å². The maximum atomic E-state index is 13.5. The van der Waals surface area contributed by atoms with E-state index < -0.39 is 0 Å². The minimum Gasteiger partial charge on any atom is -0.507 e. The smallest absolute Gasteiger partial charge is 0.203 e. The second-order valence-corrected chi connectivity index (χ2v) is 8.49. The molecule has 0 atom stereocenters. The molecule has 0 aliphatic carbocycles. The molecule has 7 nitrogen and oxygen atoms in total.